The number of hydrogen-bond acceptors (Lipinski definition) is 2. The van der Waals surface area contributed by atoms with Crippen LogP contribution >= 0.6 is 11.6 Å². The molecule has 1 aromatic rings. The van der Waals surface area contributed by atoms with E-state index < -0.39 is 0 Å². The lowest BCUT2D eigenvalue weighted by Gasteiger charge is -2.06. The third kappa shape index (κ3) is 1.30. The Morgan fingerprint density at radius 2 is 2.21 bits per heavy atom. The van der Waals surface area contributed by atoms with Crippen LogP contribution in [0.2, 0.25) is 5.02 Å². The molecule has 2 rings (SSSR count). The first-order valence-electron chi connectivity index (χ1n) is 4.64. The molecule has 0 spiro atoms. The summed E-state index contributed by atoms with van der Waals surface area (Å²) in [4.78, 5) is 11.7. The third-order valence-corrected chi connectivity index (χ3v) is 2.65. The number of ether oxygens (including phenoxy) is 1. The molecule has 74 valence electrons. The van der Waals surface area contributed by atoms with Gasteiger partial charge in [-0.05, 0) is 31.0 Å². The van der Waals surface area contributed by atoms with Crippen molar-refractivity contribution in [2.24, 2.45) is 0 Å². The van der Waals surface area contributed by atoms with Crippen LogP contribution in [0.15, 0.2) is 12.1 Å². The second-order valence-corrected chi connectivity index (χ2v) is 3.91. The van der Waals surface area contributed by atoms with Gasteiger partial charge < -0.3 is 4.74 Å². The van der Waals surface area contributed by atoms with E-state index in [0.29, 0.717) is 22.8 Å². The molecular weight excluding hydrogens is 200 g/mol. The summed E-state index contributed by atoms with van der Waals surface area (Å²) in [5, 5.41) is 0.593. The molecular formula is C11H11ClO2. The van der Waals surface area contributed by atoms with Crippen LogP contribution < -0.4 is 4.74 Å². The van der Waals surface area contributed by atoms with Crippen molar-refractivity contribution in [1.82, 2.24) is 0 Å². The van der Waals surface area contributed by atoms with Gasteiger partial charge in [0.25, 0.3) is 0 Å². The Morgan fingerprint density at radius 3 is 2.86 bits per heavy atom. The van der Waals surface area contributed by atoms with Crippen molar-refractivity contribution < 1.29 is 9.53 Å². The molecule has 1 unspecified atom stereocenters. The van der Waals surface area contributed by atoms with Crippen molar-refractivity contribution in [1.29, 1.82) is 0 Å². The number of benzene rings is 1. The van der Waals surface area contributed by atoms with Gasteiger partial charge in [0.15, 0.2) is 6.10 Å². The van der Waals surface area contributed by atoms with Crippen LogP contribution in [-0.4, -0.2) is 11.9 Å². The summed E-state index contributed by atoms with van der Waals surface area (Å²) in [5.74, 6) is 0.749. The fourth-order valence-electron chi connectivity index (χ4n) is 1.71. The average molecular weight is 211 g/mol. The van der Waals surface area contributed by atoms with Gasteiger partial charge in [-0.3, -0.25) is 4.79 Å². The lowest BCUT2D eigenvalue weighted by Crippen LogP contribution is -2.18. The standard InChI is InChI=1S/C11H11ClO2/c1-3-9-10(13)8-5-7(12)4-6(2)11(8)14-9/h4-5,9H,3H2,1-2H3. The topological polar surface area (TPSA) is 26.3 Å². The Kier molecular flexibility index (Phi) is 2.23. The molecule has 0 aromatic heterocycles. The fraction of sp³-hybridized carbons (Fsp3) is 0.364. The van der Waals surface area contributed by atoms with Crippen LogP contribution in [0.4, 0.5) is 0 Å². The molecule has 1 aliphatic heterocycles. The number of rotatable bonds is 1. The van der Waals surface area contributed by atoms with Crippen molar-refractivity contribution in [2.45, 2.75) is 26.4 Å². The third-order valence-electron chi connectivity index (χ3n) is 2.43. The number of ketones is 1. The Morgan fingerprint density at radius 1 is 1.50 bits per heavy atom. The Labute approximate surface area is 87.8 Å². The molecule has 0 radical (unpaired) electrons. The maximum absolute atomic E-state index is 11.7. The minimum absolute atomic E-state index is 0.0492. The summed E-state index contributed by atoms with van der Waals surface area (Å²) in [7, 11) is 0. The summed E-state index contributed by atoms with van der Waals surface area (Å²) < 4.78 is 5.55. The van der Waals surface area contributed by atoms with E-state index in [0.717, 1.165) is 5.56 Å². The minimum atomic E-state index is -0.317. The largest absolute Gasteiger partial charge is 0.481 e. The Bertz CT molecular complexity index is 399. The average Bonchev–Trinajstić information content (AvgIpc) is 2.44. The molecule has 3 heteroatoms. The molecule has 0 bridgehead atoms. The van der Waals surface area contributed by atoms with E-state index in [9.17, 15) is 4.79 Å². The molecule has 14 heavy (non-hydrogen) atoms. The van der Waals surface area contributed by atoms with Crippen molar-refractivity contribution in [3.05, 3.63) is 28.3 Å². The van der Waals surface area contributed by atoms with Gasteiger partial charge >= 0.3 is 0 Å². The quantitative estimate of drug-likeness (QED) is 0.712. The van der Waals surface area contributed by atoms with E-state index in [1.54, 1.807) is 6.07 Å². The number of hydrogen-bond donors (Lipinski definition) is 0. The van der Waals surface area contributed by atoms with Gasteiger partial charge in [0, 0.05) is 5.02 Å². The number of halogens is 1. The van der Waals surface area contributed by atoms with Crippen LogP contribution in [0.3, 0.4) is 0 Å². The fourth-order valence-corrected chi connectivity index (χ4v) is 1.98. The number of aryl methyl sites for hydroxylation is 1. The monoisotopic (exact) mass is 210 g/mol. The smallest absolute Gasteiger partial charge is 0.207 e. The zero-order valence-corrected chi connectivity index (χ0v) is 8.89. The van der Waals surface area contributed by atoms with Gasteiger partial charge in [0.05, 0.1) is 5.56 Å². The zero-order valence-electron chi connectivity index (χ0n) is 8.13. The van der Waals surface area contributed by atoms with Gasteiger partial charge in [0.1, 0.15) is 5.75 Å². The maximum Gasteiger partial charge on any atom is 0.207 e. The Balaban J connectivity index is 2.53. The van der Waals surface area contributed by atoms with Gasteiger partial charge in [-0.2, -0.15) is 0 Å². The molecule has 1 aliphatic rings. The second kappa shape index (κ2) is 3.28. The molecule has 1 aromatic carbocycles. The summed E-state index contributed by atoms with van der Waals surface area (Å²) >= 11 is 5.88. The lowest BCUT2D eigenvalue weighted by molar-refractivity contribution is 0.0852. The number of fused-ring (bicyclic) bond motifs is 1. The molecule has 0 amide bonds. The van der Waals surface area contributed by atoms with Gasteiger partial charge in [-0.25, -0.2) is 0 Å². The minimum Gasteiger partial charge on any atom is -0.481 e. The van der Waals surface area contributed by atoms with Crippen LogP contribution in [0.5, 0.6) is 5.75 Å². The molecule has 1 heterocycles. The highest BCUT2D eigenvalue weighted by Gasteiger charge is 2.32. The van der Waals surface area contributed by atoms with E-state index in [4.69, 9.17) is 16.3 Å². The van der Waals surface area contributed by atoms with E-state index in [1.165, 1.54) is 0 Å². The van der Waals surface area contributed by atoms with E-state index in [-0.39, 0.29) is 11.9 Å². The van der Waals surface area contributed by atoms with E-state index in [2.05, 4.69) is 0 Å². The molecule has 0 saturated carbocycles. The van der Waals surface area contributed by atoms with Crippen molar-refractivity contribution >= 4 is 17.4 Å². The highest BCUT2D eigenvalue weighted by molar-refractivity contribution is 6.31. The number of carbonyl (C=O) groups excluding carboxylic acids is 1. The van der Waals surface area contributed by atoms with Crippen LogP contribution in [0.1, 0.15) is 29.3 Å². The first-order chi connectivity index (χ1) is 6.63. The second-order valence-electron chi connectivity index (χ2n) is 3.48. The van der Waals surface area contributed by atoms with Crippen molar-refractivity contribution in [3.8, 4) is 5.75 Å². The zero-order chi connectivity index (χ0) is 10.3. The predicted molar refractivity (Wildman–Crippen MR) is 55.2 cm³/mol. The van der Waals surface area contributed by atoms with Crippen LogP contribution in [0.25, 0.3) is 0 Å². The van der Waals surface area contributed by atoms with Crippen LogP contribution in [0, 0.1) is 6.92 Å². The first kappa shape index (κ1) is 9.53. The first-order valence-corrected chi connectivity index (χ1v) is 5.02. The van der Waals surface area contributed by atoms with E-state index in [1.807, 2.05) is 19.9 Å². The van der Waals surface area contributed by atoms with Crippen molar-refractivity contribution in [3.63, 3.8) is 0 Å². The summed E-state index contributed by atoms with van der Waals surface area (Å²) in [5.41, 5.74) is 1.55. The molecule has 0 N–H and O–H groups in total. The summed E-state index contributed by atoms with van der Waals surface area (Å²) in [6.45, 7) is 3.83. The molecule has 2 nitrogen and oxygen atoms in total. The predicted octanol–water partition coefficient (Wildman–Crippen LogP) is 3.00. The molecule has 0 fully saturated rings. The summed E-state index contributed by atoms with van der Waals surface area (Å²) in [6.07, 6.45) is 0.382. The van der Waals surface area contributed by atoms with Gasteiger partial charge in [0.2, 0.25) is 5.78 Å². The van der Waals surface area contributed by atoms with Gasteiger partial charge in [-0.1, -0.05) is 18.5 Å². The highest BCUT2D eigenvalue weighted by Crippen LogP contribution is 2.35. The van der Waals surface area contributed by atoms with Gasteiger partial charge in [-0.15, -0.1) is 0 Å². The molecule has 0 saturated heterocycles. The number of carbonyl (C=O) groups is 1. The summed E-state index contributed by atoms with van der Waals surface area (Å²) in [6, 6.07) is 3.49. The molecule has 0 aliphatic carbocycles. The van der Waals surface area contributed by atoms with Crippen LogP contribution in [-0.2, 0) is 0 Å². The molecule has 1 atom stereocenters. The van der Waals surface area contributed by atoms with E-state index >= 15 is 0 Å². The Hall–Kier alpha value is -1.02. The normalized spacial score (nSPS) is 19.4. The number of Topliss-reactive ketones (excluding diaryl/α,β-unsaturated/α-hetero) is 1. The van der Waals surface area contributed by atoms with Crippen molar-refractivity contribution in [2.75, 3.05) is 0 Å². The highest BCUT2D eigenvalue weighted by atomic mass is 35.5. The lowest BCUT2D eigenvalue weighted by atomic mass is 10.0. The SMILES string of the molecule is CCC1Oc2c(C)cc(Cl)cc2C1=O. The maximum atomic E-state index is 11.7.